The van der Waals surface area contributed by atoms with Crippen molar-refractivity contribution in [3.8, 4) is 0 Å². The van der Waals surface area contributed by atoms with E-state index in [-0.39, 0.29) is 31.1 Å². The van der Waals surface area contributed by atoms with E-state index in [1.807, 2.05) is 30.4 Å². The molecular formula is C58H102O6. The lowest BCUT2D eigenvalue weighted by Gasteiger charge is -2.18. The molecule has 0 saturated carbocycles. The Morgan fingerprint density at radius 2 is 0.625 bits per heavy atom. The maximum Gasteiger partial charge on any atom is 0.306 e. The maximum atomic E-state index is 12.8. The van der Waals surface area contributed by atoms with Crippen LogP contribution in [0, 0.1) is 0 Å². The van der Waals surface area contributed by atoms with Crippen LogP contribution in [0.1, 0.15) is 271 Å². The van der Waals surface area contributed by atoms with Crippen molar-refractivity contribution in [3.63, 3.8) is 0 Å². The van der Waals surface area contributed by atoms with E-state index in [1.165, 1.54) is 148 Å². The zero-order valence-electron chi connectivity index (χ0n) is 42.3. The summed E-state index contributed by atoms with van der Waals surface area (Å²) in [5.41, 5.74) is 0. The van der Waals surface area contributed by atoms with Crippen molar-refractivity contribution >= 4 is 17.9 Å². The average molecular weight is 895 g/mol. The standard InChI is InChI=1S/C58H102O6/c1-4-7-10-13-16-19-22-25-27-29-31-33-36-39-42-45-48-51-57(60)63-54-55(53-62-56(59)50-47-44-41-38-35-32-24-21-18-15-12-9-6-3)64-58(61)52-49-46-43-40-37-34-30-28-26-23-20-17-14-11-8-5-2/h9,12,15,18,21,24,28,30,32,35,55H,4-8,10-11,13-14,16-17,19-20,22-23,25-27,29,31,33-34,36-54H2,1-3H3/b12-9+,18-15+,24-21+,30-28+,35-32+. The third kappa shape index (κ3) is 50.1. The number of rotatable bonds is 49. The highest BCUT2D eigenvalue weighted by Gasteiger charge is 2.19. The minimum atomic E-state index is -0.792. The largest absolute Gasteiger partial charge is 0.462 e. The first-order valence-corrected chi connectivity index (χ1v) is 27.3. The van der Waals surface area contributed by atoms with Crippen molar-refractivity contribution in [1.29, 1.82) is 0 Å². The molecule has 0 fully saturated rings. The fourth-order valence-corrected chi connectivity index (χ4v) is 7.74. The van der Waals surface area contributed by atoms with Crippen molar-refractivity contribution in [3.05, 3.63) is 60.8 Å². The smallest absolute Gasteiger partial charge is 0.306 e. The summed E-state index contributed by atoms with van der Waals surface area (Å²) in [6, 6.07) is 0. The third-order valence-corrected chi connectivity index (χ3v) is 11.9. The number of hydrogen-bond donors (Lipinski definition) is 0. The Morgan fingerprint density at radius 3 is 1.02 bits per heavy atom. The van der Waals surface area contributed by atoms with Gasteiger partial charge < -0.3 is 14.2 Å². The Morgan fingerprint density at radius 1 is 0.328 bits per heavy atom. The monoisotopic (exact) mass is 895 g/mol. The van der Waals surface area contributed by atoms with Crippen molar-refractivity contribution in [2.45, 2.75) is 277 Å². The molecule has 370 valence electrons. The van der Waals surface area contributed by atoms with Crippen LogP contribution >= 0.6 is 0 Å². The van der Waals surface area contributed by atoms with Gasteiger partial charge in [-0.15, -0.1) is 0 Å². The minimum absolute atomic E-state index is 0.0880. The van der Waals surface area contributed by atoms with Crippen LogP contribution < -0.4 is 0 Å². The number of allylic oxidation sites excluding steroid dienone is 10. The molecule has 0 radical (unpaired) electrons. The van der Waals surface area contributed by atoms with Gasteiger partial charge in [-0.25, -0.2) is 0 Å². The second-order valence-electron chi connectivity index (χ2n) is 18.2. The summed E-state index contributed by atoms with van der Waals surface area (Å²) >= 11 is 0. The van der Waals surface area contributed by atoms with E-state index >= 15 is 0 Å². The van der Waals surface area contributed by atoms with E-state index in [0.717, 1.165) is 83.5 Å². The molecule has 1 unspecified atom stereocenters. The maximum absolute atomic E-state index is 12.8. The van der Waals surface area contributed by atoms with Crippen LogP contribution in [0.25, 0.3) is 0 Å². The highest BCUT2D eigenvalue weighted by molar-refractivity contribution is 5.71. The normalized spacial score (nSPS) is 12.5. The van der Waals surface area contributed by atoms with E-state index in [4.69, 9.17) is 14.2 Å². The number of unbranched alkanes of at least 4 members (excludes halogenated alkanes) is 31. The second kappa shape index (κ2) is 52.7. The highest BCUT2D eigenvalue weighted by Crippen LogP contribution is 2.16. The van der Waals surface area contributed by atoms with Crippen LogP contribution in [-0.2, 0) is 28.6 Å². The molecule has 0 rings (SSSR count). The Balaban J connectivity index is 4.40. The van der Waals surface area contributed by atoms with E-state index in [9.17, 15) is 14.4 Å². The molecule has 6 nitrogen and oxygen atoms in total. The lowest BCUT2D eigenvalue weighted by atomic mass is 10.0. The summed E-state index contributed by atoms with van der Waals surface area (Å²) in [4.78, 5) is 38.0. The molecule has 64 heavy (non-hydrogen) atoms. The number of hydrogen-bond acceptors (Lipinski definition) is 6. The second-order valence-corrected chi connectivity index (χ2v) is 18.2. The molecular weight excluding hydrogens is 793 g/mol. The molecule has 0 N–H and O–H groups in total. The summed E-state index contributed by atoms with van der Waals surface area (Å²) in [6.45, 7) is 6.48. The number of esters is 3. The zero-order valence-corrected chi connectivity index (χ0v) is 42.3. The van der Waals surface area contributed by atoms with Crippen LogP contribution in [-0.4, -0.2) is 37.2 Å². The van der Waals surface area contributed by atoms with E-state index in [2.05, 4.69) is 51.2 Å². The molecule has 0 aromatic carbocycles. The summed E-state index contributed by atoms with van der Waals surface area (Å²) in [5, 5.41) is 0. The molecule has 0 aliphatic rings. The Labute approximate surface area is 396 Å². The Hall–Kier alpha value is -2.89. The predicted molar refractivity (Wildman–Crippen MR) is 275 cm³/mol. The molecule has 0 amide bonds. The van der Waals surface area contributed by atoms with Gasteiger partial charge in [0, 0.05) is 19.3 Å². The summed E-state index contributed by atoms with van der Waals surface area (Å²) in [7, 11) is 0. The van der Waals surface area contributed by atoms with E-state index in [1.54, 1.807) is 0 Å². The molecule has 0 aromatic rings. The third-order valence-electron chi connectivity index (χ3n) is 11.9. The van der Waals surface area contributed by atoms with Crippen LogP contribution in [0.15, 0.2) is 60.8 Å². The van der Waals surface area contributed by atoms with Gasteiger partial charge >= 0.3 is 17.9 Å². The summed E-state index contributed by atoms with van der Waals surface area (Å²) < 4.78 is 16.8. The van der Waals surface area contributed by atoms with Crippen molar-refractivity contribution in [2.75, 3.05) is 13.2 Å². The van der Waals surface area contributed by atoms with Crippen LogP contribution in [0.4, 0.5) is 0 Å². The van der Waals surface area contributed by atoms with Gasteiger partial charge in [-0.1, -0.05) is 248 Å². The average Bonchev–Trinajstić information content (AvgIpc) is 3.29. The molecule has 6 heteroatoms. The Bertz CT molecular complexity index is 1170. The van der Waals surface area contributed by atoms with Crippen LogP contribution in [0.5, 0.6) is 0 Å². The quantitative estimate of drug-likeness (QED) is 0.0199. The van der Waals surface area contributed by atoms with Crippen molar-refractivity contribution in [2.24, 2.45) is 0 Å². The molecule has 0 bridgehead atoms. The van der Waals surface area contributed by atoms with Gasteiger partial charge in [-0.2, -0.15) is 0 Å². The molecule has 1 atom stereocenters. The number of ether oxygens (including phenoxy) is 3. The zero-order chi connectivity index (χ0) is 46.5. The fraction of sp³-hybridized carbons (Fsp3) is 0.776. The van der Waals surface area contributed by atoms with E-state index < -0.39 is 6.10 Å². The lowest BCUT2D eigenvalue weighted by molar-refractivity contribution is -0.167. The topological polar surface area (TPSA) is 78.9 Å². The van der Waals surface area contributed by atoms with Gasteiger partial charge in [-0.05, 0) is 64.2 Å². The number of carbonyl (C=O) groups is 3. The number of carbonyl (C=O) groups excluding carboxylic acids is 3. The highest BCUT2D eigenvalue weighted by atomic mass is 16.6. The predicted octanol–water partition coefficient (Wildman–Crippen LogP) is 18.0. The van der Waals surface area contributed by atoms with Crippen molar-refractivity contribution in [1.82, 2.24) is 0 Å². The molecule has 0 aliphatic carbocycles. The van der Waals surface area contributed by atoms with Crippen LogP contribution in [0.3, 0.4) is 0 Å². The lowest BCUT2D eigenvalue weighted by Crippen LogP contribution is -2.30. The molecule has 0 aliphatic heterocycles. The molecule has 0 saturated heterocycles. The first-order chi connectivity index (χ1) is 31.5. The first kappa shape index (κ1) is 61.1. The molecule has 0 aromatic heterocycles. The minimum Gasteiger partial charge on any atom is -0.462 e. The van der Waals surface area contributed by atoms with Crippen molar-refractivity contribution < 1.29 is 28.6 Å². The van der Waals surface area contributed by atoms with Gasteiger partial charge in [0.1, 0.15) is 13.2 Å². The van der Waals surface area contributed by atoms with E-state index in [0.29, 0.717) is 19.3 Å². The van der Waals surface area contributed by atoms with Crippen LogP contribution in [0.2, 0.25) is 0 Å². The van der Waals surface area contributed by atoms with Gasteiger partial charge in [0.25, 0.3) is 0 Å². The molecule has 0 heterocycles. The molecule has 0 spiro atoms. The summed E-state index contributed by atoms with van der Waals surface area (Å²) in [5.74, 6) is -0.928. The van der Waals surface area contributed by atoms with Gasteiger partial charge in [0.05, 0.1) is 0 Å². The first-order valence-electron chi connectivity index (χ1n) is 27.3. The van der Waals surface area contributed by atoms with Gasteiger partial charge in [0.15, 0.2) is 6.10 Å². The summed E-state index contributed by atoms with van der Waals surface area (Å²) in [6.07, 6.45) is 65.0. The fourth-order valence-electron chi connectivity index (χ4n) is 7.74. The van der Waals surface area contributed by atoms with Gasteiger partial charge in [-0.3, -0.25) is 14.4 Å². The SMILES string of the molecule is CC/C=C/C=C/C=C/C=C/CCCCCC(=O)OCC(COC(=O)CCCCCCCCCCCCCCCCCCC)OC(=O)CCCCCCC/C=C/CCCCCCCCC. The van der Waals surface area contributed by atoms with Gasteiger partial charge in [0.2, 0.25) is 0 Å². The Kier molecular flexibility index (Phi) is 50.4.